The summed E-state index contributed by atoms with van der Waals surface area (Å²) in [5.74, 6) is 0.636. The summed E-state index contributed by atoms with van der Waals surface area (Å²) in [4.78, 5) is 6.72. The summed E-state index contributed by atoms with van der Waals surface area (Å²) in [6.07, 6.45) is 4.36. The van der Waals surface area contributed by atoms with Crippen molar-refractivity contribution in [2.45, 2.75) is 51.7 Å². The summed E-state index contributed by atoms with van der Waals surface area (Å²) in [6, 6.07) is 3.85. The quantitative estimate of drug-likeness (QED) is 0.775. The van der Waals surface area contributed by atoms with Gasteiger partial charge in [-0.15, -0.1) is 0 Å². The first-order valence-corrected chi connectivity index (χ1v) is 8.54. The summed E-state index contributed by atoms with van der Waals surface area (Å²) in [5.41, 5.74) is 0.282. The van der Waals surface area contributed by atoms with Crippen LogP contribution in [0.1, 0.15) is 40.5 Å². The summed E-state index contributed by atoms with van der Waals surface area (Å²) in [5, 5.41) is 0. The smallest absolute Gasteiger partial charge is 0.476 e. The number of nitrogens with zero attached hydrogens (tertiary/aromatic N) is 2. The summed E-state index contributed by atoms with van der Waals surface area (Å²) >= 11 is 0. The van der Waals surface area contributed by atoms with Crippen molar-refractivity contribution < 1.29 is 14.0 Å². The molecule has 3 rings (SSSR count). The Morgan fingerprint density at radius 1 is 1.17 bits per heavy atom. The van der Waals surface area contributed by atoms with Crippen LogP contribution in [-0.2, 0) is 9.31 Å². The summed E-state index contributed by atoms with van der Waals surface area (Å²) < 4.78 is 18.0. The largest absolute Gasteiger partial charge is 0.495 e. The Morgan fingerprint density at radius 3 is 2.48 bits per heavy atom. The average Bonchev–Trinajstić information content (AvgIpc) is 3.06. The molecule has 126 valence electrons. The van der Waals surface area contributed by atoms with Gasteiger partial charge in [-0.05, 0) is 65.2 Å². The second-order valence-electron chi connectivity index (χ2n) is 7.41. The Hall–Kier alpha value is -1.11. The van der Waals surface area contributed by atoms with E-state index in [1.54, 1.807) is 6.20 Å². The van der Waals surface area contributed by atoms with Gasteiger partial charge in [0.15, 0.2) is 0 Å². The van der Waals surface area contributed by atoms with E-state index in [0.717, 1.165) is 12.0 Å². The number of pyridine rings is 1. The third-order valence-corrected chi connectivity index (χ3v) is 5.14. The molecule has 5 nitrogen and oxygen atoms in total. The zero-order valence-electron chi connectivity index (χ0n) is 14.7. The Balaban J connectivity index is 1.59. The van der Waals surface area contributed by atoms with Crippen LogP contribution < -0.4 is 10.2 Å². The minimum absolute atomic E-state index is 0.336. The molecule has 2 aliphatic rings. The molecule has 0 saturated carbocycles. The van der Waals surface area contributed by atoms with Crippen LogP contribution in [0.25, 0.3) is 0 Å². The highest BCUT2D eigenvalue weighted by Gasteiger charge is 2.51. The minimum Gasteiger partial charge on any atom is -0.476 e. The van der Waals surface area contributed by atoms with E-state index in [-0.39, 0.29) is 18.3 Å². The molecule has 0 bridgehead atoms. The van der Waals surface area contributed by atoms with Crippen LogP contribution in [0, 0.1) is 0 Å². The van der Waals surface area contributed by atoms with E-state index < -0.39 is 0 Å². The number of aromatic nitrogens is 1. The standard InChI is InChI=1S/C17H27BN2O3/c1-16(2)17(3,4)23-18(22-16)14-7-8-19-15(13-14)21-12-11-20-9-5-6-10-20/h7-8,13H,5-6,9-12H2,1-4H3. The number of rotatable bonds is 5. The van der Waals surface area contributed by atoms with E-state index in [1.165, 1.54) is 25.9 Å². The van der Waals surface area contributed by atoms with Crippen molar-refractivity contribution in [1.82, 2.24) is 9.88 Å². The molecule has 0 radical (unpaired) electrons. The Bertz CT molecular complexity index is 528. The van der Waals surface area contributed by atoms with Gasteiger partial charge in [0.05, 0.1) is 11.2 Å². The van der Waals surface area contributed by atoms with Gasteiger partial charge in [-0.25, -0.2) is 4.98 Å². The van der Waals surface area contributed by atoms with Crippen LogP contribution in [0.3, 0.4) is 0 Å². The normalized spacial score (nSPS) is 23.4. The van der Waals surface area contributed by atoms with Crippen LogP contribution in [-0.4, -0.2) is 54.4 Å². The molecule has 1 aromatic rings. The highest BCUT2D eigenvalue weighted by atomic mass is 16.7. The van der Waals surface area contributed by atoms with E-state index in [2.05, 4.69) is 37.6 Å². The van der Waals surface area contributed by atoms with Gasteiger partial charge in [0, 0.05) is 18.8 Å². The predicted molar refractivity (Wildman–Crippen MR) is 91.1 cm³/mol. The van der Waals surface area contributed by atoms with E-state index in [9.17, 15) is 0 Å². The van der Waals surface area contributed by atoms with E-state index in [1.807, 2.05) is 12.1 Å². The molecule has 1 aromatic heterocycles. The lowest BCUT2D eigenvalue weighted by molar-refractivity contribution is 0.00578. The first-order valence-electron chi connectivity index (χ1n) is 8.54. The topological polar surface area (TPSA) is 43.8 Å². The van der Waals surface area contributed by atoms with Crippen LogP contribution in [0.5, 0.6) is 5.88 Å². The zero-order valence-corrected chi connectivity index (χ0v) is 14.7. The lowest BCUT2D eigenvalue weighted by Crippen LogP contribution is -2.41. The second kappa shape index (κ2) is 6.42. The zero-order chi connectivity index (χ0) is 16.5. The maximum Gasteiger partial charge on any atom is 0.495 e. The monoisotopic (exact) mass is 318 g/mol. The number of hydrogen-bond donors (Lipinski definition) is 0. The summed E-state index contributed by atoms with van der Waals surface area (Å²) in [6.45, 7) is 12.2. The van der Waals surface area contributed by atoms with Gasteiger partial charge in [-0.1, -0.05) is 0 Å². The lowest BCUT2D eigenvalue weighted by atomic mass is 9.80. The van der Waals surface area contributed by atoms with E-state index in [0.29, 0.717) is 12.5 Å². The number of hydrogen-bond acceptors (Lipinski definition) is 5. The lowest BCUT2D eigenvalue weighted by Gasteiger charge is -2.32. The molecule has 2 aliphatic heterocycles. The van der Waals surface area contributed by atoms with Crippen LogP contribution in [0.15, 0.2) is 18.3 Å². The molecule has 6 heteroatoms. The van der Waals surface area contributed by atoms with Crippen molar-refractivity contribution in [1.29, 1.82) is 0 Å². The van der Waals surface area contributed by atoms with Crippen molar-refractivity contribution in [2.75, 3.05) is 26.2 Å². The fraction of sp³-hybridized carbons (Fsp3) is 0.706. The molecule has 0 unspecified atom stereocenters. The van der Waals surface area contributed by atoms with Gasteiger partial charge in [-0.3, -0.25) is 4.90 Å². The fourth-order valence-electron chi connectivity index (χ4n) is 2.91. The van der Waals surface area contributed by atoms with Gasteiger partial charge in [0.1, 0.15) is 6.61 Å². The van der Waals surface area contributed by atoms with Gasteiger partial charge >= 0.3 is 7.12 Å². The number of likely N-dealkylation sites (tertiary alicyclic amines) is 1. The molecule has 0 amide bonds. The van der Waals surface area contributed by atoms with Crippen LogP contribution in [0.4, 0.5) is 0 Å². The molecular formula is C17H27BN2O3. The molecule has 0 aliphatic carbocycles. The van der Waals surface area contributed by atoms with Gasteiger partial charge in [0.25, 0.3) is 0 Å². The Labute approximate surface area is 139 Å². The predicted octanol–water partition coefficient (Wildman–Crippen LogP) is 1.86. The Morgan fingerprint density at radius 2 is 1.83 bits per heavy atom. The molecule has 0 N–H and O–H groups in total. The third-order valence-electron chi connectivity index (χ3n) is 5.14. The van der Waals surface area contributed by atoms with Crippen LogP contribution in [0.2, 0.25) is 0 Å². The first kappa shape index (κ1) is 16.7. The summed E-state index contributed by atoms with van der Waals surface area (Å²) in [7, 11) is -0.371. The average molecular weight is 318 g/mol. The molecule has 0 spiro atoms. The molecule has 2 saturated heterocycles. The van der Waals surface area contributed by atoms with Gasteiger partial charge in [0.2, 0.25) is 5.88 Å². The number of ether oxygens (including phenoxy) is 1. The molecule has 3 heterocycles. The molecule has 2 fully saturated rings. The fourth-order valence-corrected chi connectivity index (χ4v) is 2.91. The molecule has 23 heavy (non-hydrogen) atoms. The van der Waals surface area contributed by atoms with Gasteiger partial charge in [-0.2, -0.15) is 0 Å². The highest BCUT2D eigenvalue weighted by molar-refractivity contribution is 6.62. The van der Waals surface area contributed by atoms with Gasteiger partial charge < -0.3 is 14.0 Å². The van der Waals surface area contributed by atoms with E-state index in [4.69, 9.17) is 14.0 Å². The van der Waals surface area contributed by atoms with E-state index >= 15 is 0 Å². The maximum atomic E-state index is 6.08. The Kier molecular flexibility index (Phi) is 4.67. The minimum atomic E-state index is -0.371. The van der Waals surface area contributed by atoms with Crippen molar-refractivity contribution in [3.63, 3.8) is 0 Å². The molecule has 0 aromatic carbocycles. The van der Waals surface area contributed by atoms with Crippen molar-refractivity contribution in [3.05, 3.63) is 18.3 Å². The maximum absolute atomic E-state index is 6.08. The SMILES string of the molecule is CC1(C)OB(c2ccnc(OCCN3CCCC3)c2)OC1(C)C. The van der Waals surface area contributed by atoms with Crippen LogP contribution >= 0.6 is 0 Å². The third kappa shape index (κ3) is 3.70. The van der Waals surface area contributed by atoms with Crippen molar-refractivity contribution in [3.8, 4) is 5.88 Å². The molecule has 0 atom stereocenters. The molecular weight excluding hydrogens is 291 g/mol. The van der Waals surface area contributed by atoms with Crippen molar-refractivity contribution >= 4 is 12.6 Å². The second-order valence-corrected chi connectivity index (χ2v) is 7.41. The van der Waals surface area contributed by atoms with Crippen molar-refractivity contribution in [2.24, 2.45) is 0 Å². The first-order chi connectivity index (χ1) is 10.9. The highest BCUT2D eigenvalue weighted by Crippen LogP contribution is 2.36.